The van der Waals surface area contributed by atoms with E-state index in [0.29, 0.717) is 5.56 Å². The average molecular weight is 514 g/mol. The molecule has 3 N–H and O–H groups in total. The number of benzene rings is 2. The number of halogens is 3. The van der Waals surface area contributed by atoms with Gasteiger partial charge in [0.05, 0.1) is 22.1 Å². The minimum atomic E-state index is -4.44. The van der Waals surface area contributed by atoms with E-state index in [9.17, 15) is 22.0 Å². The number of nitrogens with one attached hydrogen (secondary N) is 3. The van der Waals surface area contributed by atoms with Crippen molar-refractivity contribution in [3.05, 3.63) is 89.0 Å². The lowest BCUT2D eigenvalue weighted by atomic mass is 9.98. The number of aliphatic imine (C=N–C) groups is 1. The number of H-pyrrole nitrogens is 1. The molecule has 2 heterocycles. The summed E-state index contributed by atoms with van der Waals surface area (Å²) in [5.41, 5.74) is -0.998. The van der Waals surface area contributed by atoms with Crippen LogP contribution in [0.4, 0.5) is 18.9 Å². The summed E-state index contributed by atoms with van der Waals surface area (Å²) in [5, 5.41) is 7.82. The lowest BCUT2D eigenvalue weighted by Gasteiger charge is -2.12. The summed E-state index contributed by atoms with van der Waals surface area (Å²) in [7, 11) is -2.90. The van der Waals surface area contributed by atoms with Crippen LogP contribution in [0, 0.1) is 22.9 Å². The first-order chi connectivity index (χ1) is 17.2. The number of carbonyl (C=O) groups excluding carboxylic acids is 1. The second kappa shape index (κ2) is 9.74. The Balaban J connectivity index is 1.76. The molecular formula is C24H18F3N5O3S. The number of anilines is 1. The van der Waals surface area contributed by atoms with Gasteiger partial charge in [-0.05, 0) is 42.0 Å². The number of rotatable bonds is 8. The molecule has 8 nitrogen and oxygen atoms in total. The summed E-state index contributed by atoms with van der Waals surface area (Å²) in [6.07, 6.45) is 5.34. The van der Waals surface area contributed by atoms with Crippen molar-refractivity contribution in [3.8, 4) is 0 Å². The van der Waals surface area contributed by atoms with E-state index in [1.807, 2.05) is 4.72 Å². The van der Waals surface area contributed by atoms with Gasteiger partial charge in [-0.2, -0.15) is 0 Å². The molecule has 184 valence electrons. The molecule has 0 radical (unpaired) electrons. The predicted molar refractivity (Wildman–Crippen MR) is 129 cm³/mol. The molecule has 1 atom stereocenters. The molecule has 1 unspecified atom stereocenters. The zero-order valence-corrected chi connectivity index (χ0v) is 19.4. The van der Waals surface area contributed by atoms with E-state index >= 15 is 4.39 Å². The molecule has 0 fully saturated rings. The molecule has 0 aliphatic rings. The summed E-state index contributed by atoms with van der Waals surface area (Å²) in [6.45, 7) is 0. The zero-order valence-electron chi connectivity index (χ0n) is 18.6. The van der Waals surface area contributed by atoms with Gasteiger partial charge in [-0.15, -0.1) is 0 Å². The number of pyridine rings is 1. The summed E-state index contributed by atoms with van der Waals surface area (Å²) in [4.78, 5) is 23.6. The van der Waals surface area contributed by atoms with E-state index in [0.717, 1.165) is 42.6 Å². The Morgan fingerprint density at radius 3 is 2.67 bits per heavy atom. The third kappa shape index (κ3) is 4.62. The van der Waals surface area contributed by atoms with Crippen molar-refractivity contribution in [1.82, 2.24) is 9.97 Å². The van der Waals surface area contributed by atoms with Crippen LogP contribution in [-0.2, 0) is 10.0 Å². The lowest BCUT2D eigenvalue weighted by molar-refractivity contribution is 0.103. The summed E-state index contributed by atoms with van der Waals surface area (Å²) in [5.74, 6) is -5.05. The SMILES string of the molecule is CN=CC(C=N)c1cnc2[nH]cc(C(=O)c3c(F)ccc(NS(=O)(=O)c4cccc(F)c4)c3F)c2c1. The number of carbonyl (C=O) groups is 1. The number of nitrogens with zero attached hydrogens (tertiary/aromatic N) is 2. The maximum atomic E-state index is 15.3. The van der Waals surface area contributed by atoms with Crippen LogP contribution in [0.5, 0.6) is 0 Å². The fourth-order valence-electron chi connectivity index (χ4n) is 3.59. The molecule has 0 spiro atoms. The van der Waals surface area contributed by atoms with Gasteiger partial charge in [-0.25, -0.2) is 26.6 Å². The van der Waals surface area contributed by atoms with Crippen molar-refractivity contribution in [2.75, 3.05) is 11.8 Å². The maximum absolute atomic E-state index is 15.3. The van der Waals surface area contributed by atoms with E-state index in [4.69, 9.17) is 5.41 Å². The second-order valence-electron chi connectivity index (χ2n) is 7.64. The fraction of sp³-hybridized carbons (Fsp3) is 0.0833. The average Bonchev–Trinajstić information content (AvgIpc) is 3.27. The standard InChI is InChI=1S/C24H18F3N5O3S/c1-29-10-14(9-28)13-7-17-18(12-31-24(17)30-11-13)23(33)21-19(26)5-6-20(22(21)27)32-36(34,35)16-4-2-3-15(25)8-16/h2-12,14,28,32H,1H3,(H,30,31). The minimum Gasteiger partial charge on any atom is -0.345 e. The summed E-state index contributed by atoms with van der Waals surface area (Å²) in [6, 6.07) is 7.16. The Bertz CT molecular complexity index is 1630. The van der Waals surface area contributed by atoms with Crippen molar-refractivity contribution in [2.45, 2.75) is 10.8 Å². The highest BCUT2D eigenvalue weighted by atomic mass is 32.2. The Kier molecular flexibility index (Phi) is 6.71. The van der Waals surface area contributed by atoms with Gasteiger partial charge in [0.15, 0.2) is 5.82 Å². The highest BCUT2D eigenvalue weighted by Crippen LogP contribution is 2.29. The van der Waals surface area contributed by atoms with Gasteiger partial charge in [0.1, 0.15) is 17.3 Å². The van der Waals surface area contributed by atoms with Crippen LogP contribution in [-0.4, -0.2) is 43.6 Å². The number of ketones is 1. The van der Waals surface area contributed by atoms with E-state index in [-0.39, 0.29) is 16.6 Å². The monoisotopic (exact) mass is 513 g/mol. The topological polar surface area (TPSA) is 128 Å². The zero-order chi connectivity index (χ0) is 26.0. The third-order valence-corrected chi connectivity index (χ3v) is 6.70. The third-order valence-electron chi connectivity index (χ3n) is 5.34. The minimum absolute atomic E-state index is 0.112. The molecular weight excluding hydrogens is 495 g/mol. The van der Waals surface area contributed by atoms with Gasteiger partial charge < -0.3 is 10.4 Å². The van der Waals surface area contributed by atoms with Crippen LogP contribution in [0.25, 0.3) is 11.0 Å². The lowest BCUT2D eigenvalue weighted by Crippen LogP contribution is -2.16. The number of hydrogen-bond acceptors (Lipinski definition) is 6. The smallest absolute Gasteiger partial charge is 0.262 e. The fourth-order valence-corrected chi connectivity index (χ4v) is 4.68. The highest BCUT2D eigenvalue weighted by Gasteiger charge is 2.27. The molecule has 4 aromatic rings. The number of fused-ring (bicyclic) bond motifs is 1. The second-order valence-corrected chi connectivity index (χ2v) is 9.33. The molecule has 0 aliphatic heterocycles. The van der Waals surface area contributed by atoms with Gasteiger partial charge in [0.2, 0.25) is 5.78 Å². The maximum Gasteiger partial charge on any atom is 0.262 e. The van der Waals surface area contributed by atoms with Crippen molar-refractivity contribution in [3.63, 3.8) is 0 Å². The largest absolute Gasteiger partial charge is 0.345 e. The Hall–Kier alpha value is -4.32. The Morgan fingerprint density at radius 2 is 1.97 bits per heavy atom. The van der Waals surface area contributed by atoms with E-state index in [2.05, 4.69) is 15.0 Å². The highest BCUT2D eigenvalue weighted by molar-refractivity contribution is 7.92. The predicted octanol–water partition coefficient (Wildman–Crippen LogP) is 4.45. The van der Waals surface area contributed by atoms with Crippen LogP contribution in [0.1, 0.15) is 27.4 Å². The van der Waals surface area contributed by atoms with Crippen molar-refractivity contribution in [2.24, 2.45) is 4.99 Å². The molecule has 36 heavy (non-hydrogen) atoms. The molecule has 0 saturated heterocycles. The van der Waals surface area contributed by atoms with E-state index in [1.54, 1.807) is 6.07 Å². The molecule has 12 heteroatoms. The summed E-state index contributed by atoms with van der Waals surface area (Å²) >= 11 is 0. The Morgan fingerprint density at radius 1 is 1.19 bits per heavy atom. The van der Waals surface area contributed by atoms with Crippen LogP contribution in [0.15, 0.2) is 64.7 Å². The van der Waals surface area contributed by atoms with Crippen molar-refractivity contribution < 1.29 is 26.4 Å². The molecule has 0 saturated carbocycles. The number of sulfonamides is 1. The first-order valence-corrected chi connectivity index (χ1v) is 11.9. The van der Waals surface area contributed by atoms with Crippen LogP contribution in [0.2, 0.25) is 0 Å². The van der Waals surface area contributed by atoms with E-state index < -0.39 is 55.3 Å². The van der Waals surface area contributed by atoms with Gasteiger partial charge in [-0.3, -0.25) is 14.5 Å². The van der Waals surface area contributed by atoms with Crippen molar-refractivity contribution >= 4 is 45.0 Å². The van der Waals surface area contributed by atoms with Crippen LogP contribution in [0.3, 0.4) is 0 Å². The molecule has 0 amide bonds. The number of aromatic nitrogens is 2. The Labute approximate surface area is 203 Å². The van der Waals surface area contributed by atoms with Crippen LogP contribution < -0.4 is 4.72 Å². The molecule has 2 aromatic carbocycles. The number of aromatic amines is 1. The van der Waals surface area contributed by atoms with Crippen LogP contribution >= 0.6 is 0 Å². The first-order valence-electron chi connectivity index (χ1n) is 10.4. The van der Waals surface area contributed by atoms with Gasteiger partial charge in [0, 0.05) is 42.8 Å². The molecule has 4 rings (SSSR count). The van der Waals surface area contributed by atoms with Gasteiger partial charge in [-0.1, -0.05) is 6.07 Å². The van der Waals surface area contributed by atoms with Crippen molar-refractivity contribution in [1.29, 1.82) is 5.41 Å². The normalized spacial score (nSPS) is 12.7. The number of hydrogen-bond donors (Lipinski definition) is 3. The van der Waals surface area contributed by atoms with Gasteiger partial charge in [0.25, 0.3) is 10.0 Å². The van der Waals surface area contributed by atoms with E-state index in [1.165, 1.54) is 25.7 Å². The first kappa shape index (κ1) is 24.8. The summed E-state index contributed by atoms with van der Waals surface area (Å²) < 4.78 is 70.6. The van der Waals surface area contributed by atoms with Gasteiger partial charge >= 0.3 is 0 Å². The quantitative estimate of drug-likeness (QED) is 0.238. The molecule has 0 aliphatic carbocycles. The molecule has 0 bridgehead atoms. The molecule has 2 aromatic heterocycles.